The molecule has 1 atom stereocenters. The summed E-state index contributed by atoms with van der Waals surface area (Å²) in [6.07, 6.45) is 6.74. The Kier molecular flexibility index (Phi) is 5.03. The van der Waals surface area contributed by atoms with Gasteiger partial charge in [0.05, 0.1) is 17.8 Å². The van der Waals surface area contributed by atoms with E-state index < -0.39 is 5.82 Å². The van der Waals surface area contributed by atoms with Gasteiger partial charge in [-0.15, -0.1) is 0 Å². The molecule has 0 bridgehead atoms. The molecular formula is C23H24FN7O2. The van der Waals surface area contributed by atoms with E-state index in [4.69, 9.17) is 4.74 Å². The van der Waals surface area contributed by atoms with Crippen molar-refractivity contribution < 1.29 is 9.13 Å². The second-order valence-corrected chi connectivity index (χ2v) is 8.73. The van der Waals surface area contributed by atoms with Crippen molar-refractivity contribution in [2.45, 2.75) is 31.5 Å². The maximum Gasteiger partial charge on any atom is 0.251 e. The molecule has 6 heterocycles. The Morgan fingerprint density at radius 1 is 1.15 bits per heavy atom. The fraction of sp³-hybridized carbons (Fsp3) is 0.391. The molecule has 1 N–H and O–H groups in total. The van der Waals surface area contributed by atoms with Gasteiger partial charge in [-0.2, -0.15) is 5.10 Å². The first-order chi connectivity index (χ1) is 16.2. The Morgan fingerprint density at radius 2 is 2.03 bits per heavy atom. The third-order valence-corrected chi connectivity index (χ3v) is 6.63. The summed E-state index contributed by atoms with van der Waals surface area (Å²) in [5.74, 6) is -0.406. The molecule has 4 aromatic rings. The lowest BCUT2D eigenvalue weighted by molar-refractivity contribution is 0.137. The Balaban J connectivity index is 1.10. The number of nitrogens with one attached hydrogen (secondary N) is 1. The number of ether oxygens (including phenoxy) is 1. The molecule has 6 rings (SSSR count). The first-order valence-electron chi connectivity index (χ1n) is 11.2. The zero-order valence-electron chi connectivity index (χ0n) is 18.0. The fourth-order valence-corrected chi connectivity index (χ4v) is 4.90. The van der Waals surface area contributed by atoms with Crippen LogP contribution in [-0.4, -0.2) is 61.3 Å². The Hall–Kier alpha value is -3.37. The Morgan fingerprint density at radius 3 is 2.91 bits per heavy atom. The van der Waals surface area contributed by atoms with E-state index >= 15 is 0 Å². The molecule has 0 aromatic carbocycles. The molecule has 2 aliphatic heterocycles. The number of hydrogen-bond donors (Lipinski definition) is 1. The summed E-state index contributed by atoms with van der Waals surface area (Å²) in [4.78, 5) is 23.3. The summed E-state index contributed by atoms with van der Waals surface area (Å²) < 4.78 is 23.4. The normalized spacial score (nSPS) is 19.2. The van der Waals surface area contributed by atoms with Crippen molar-refractivity contribution in [3.8, 4) is 5.75 Å². The van der Waals surface area contributed by atoms with Gasteiger partial charge < -0.3 is 15.0 Å². The number of pyridine rings is 3. The predicted molar refractivity (Wildman–Crippen MR) is 120 cm³/mol. The van der Waals surface area contributed by atoms with Crippen LogP contribution in [-0.2, 0) is 6.54 Å². The molecule has 1 saturated heterocycles. The monoisotopic (exact) mass is 449 g/mol. The van der Waals surface area contributed by atoms with E-state index in [-0.39, 0.29) is 24.0 Å². The fourth-order valence-electron chi connectivity index (χ4n) is 4.90. The molecule has 0 unspecified atom stereocenters. The van der Waals surface area contributed by atoms with Crippen LogP contribution in [0.1, 0.15) is 24.4 Å². The minimum atomic E-state index is -0.532. The van der Waals surface area contributed by atoms with Crippen molar-refractivity contribution in [1.29, 1.82) is 0 Å². The first kappa shape index (κ1) is 20.3. The number of fused-ring (bicyclic) bond motifs is 1. The highest BCUT2D eigenvalue weighted by atomic mass is 19.1. The van der Waals surface area contributed by atoms with Crippen LogP contribution in [0.4, 0.5) is 4.39 Å². The predicted octanol–water partition coefficient (Wildman–Crippen LogP) is 1.77. The van der Waals surface area contributed by atoms with Crippen molar-refractivity contribution in [2.24, 2.45) is 0 Å². The topological polar surface area (TPSA) is 89.6 Å². The summed E-state index contributed by atoms with van der Waals surface area (Å²) in [5.41, 5.74) is 2.89. The number of likely N-dealkylation sites (tertiary alicyclic amines) is 1. The third kappa shape index (κ3) is 3.75. The average Bonchev–Trinajstić information content (AvgIpc) is 3.31. The molecule has 170 valence electrons. The van der Waals surface area contributed by atoms with E-state index in [1.165, 1.54) is 11.6 Å². The Bertz CT molecular complexity index is 1380. The SMILES string of the molecule is O=c1ccc2ncc(F)c3c2n1[C@H](CN1CCC(NCc2ccc4ncnn4c2)CC1)CO3. The van der Waals surface area contributed by atoms with E-state index in [0.717, 1.165) is 44.3 Å². The number of rotatable bonds is 5. The summed E-state index contributed by atoms with van der Waals surface area (Å²) in [6, 6.07) is 7.43. The van der Waals surface area contributed by atoms with Gasteiger partial charge in [-0.05, 0) is 43.6 Å². The van der Waals surface area contributed by atoms with Gasteiger partial charge in [-0.3, -0.25) is 14.3 Å². The van der Waals surface area contributed by atoms with Crippen molar-refractivity contribution in [2.75, 3.05) is 26.2 Å². The van der Waals surface area contributed by atoms with Gasteiger partial charge in [0.25, 0.3) is 5.56 Å². The number of piperidine rings is 1. The van der Waals surface area contributed by atoms with Gasteiger partial charge in [0, 0.05) is 31.4 Å². The molecule has 10 heteroatoms. The number of aromatic nitrogens is 5. The molecule has 0 amide bonds. The minimum absolute atomic E-state index is 0.126. The average molecular weight is 449 g/mol. The van der Waals surface area contributed by atoms with Crippen LogP contribution in [0.3, 0.4) is 0 Å². The highest BCUT2D eigenvalue weighted by Crippen LogP contribution is 2.32. The van der Waals surface area contributed by atoms with Crippen LogP contribution in [0, 0.1) is 5.82 Å². The quantitative estimate of drug-likeness (QED) is 0.497. The van der Waals surface area contributed by atoms with E-state index in [0.29, 0.717) is 23.6 Å². The second-order valence-electron chi connectivity index (χ2n) is 8.73. The van der Waals surface area contributed by atoms with Crippen LogP contribution >= 0.6 is 0 Å². The van der Waals surface area contributed by atoms with Crippen molar-refractivity contribution in [3.05, 3.63) is 64.7 Å². The molecule has 1 fully saturated rings. The lowest BCUT2D eigenvalue weighted by Gasteiger charge is -2.36. The van der Waals surface area contributed by atoms with Gasteiger partial charge in [0.1, 0.15) is 18.5 Å². The molecule has 33 heavy (non-hydrogen) atoms. The largest absolute Gasteiger partial charge is 0.486 e. The summed E-state index contributed by atoms with van der Waals surface area (Å²) in [7, 11) is 0. The van der Waals surface area contributed by atoms with Crippen LogP contribution in [0.15, 0.2) is 47.8 Å². The number of halogens is 1. The molecule has 4 aromatic heterocycles. The lowest BCUT2D eigenvalue weighted by atomic mass is 10.0. The molecule has 2 aliphatic rings. The molecule has 0 aliphatic carbocycles. The van der Waals surface area contributed by atoms with E-state index in [1.54, 1.807) is 21.5 Å². The van der Waals surface area contributed by atoms with Gasteiger partial charge in [0.2, 0.25) is 0 Å². The van der Waals surface area contributed by atoms with Crippen LogP contribution in [0.5, 0.6) is 5.75 Å². The van der Waals surface area contributed by atoms with Crippen LogP contribution < -0.4 is 15.6 Å². The van der Waals surface area contributed by atoms with E-state index in [9.17, 15) is 9.18 Å². The van der Waals surface area contributed by atoms with Gasteiger partial charge in [-0.25, -0.2) is 13.9 Å². The molecule has 9 nitrogen and oxygen atoms in total. The first-order valence-corrected chi connectivity index (χ1v) is 11.2. The highest BCUT2D eigenvalue weighted by Gasteiger charge is 2.29. The maximum absolute atomic E-state index is 14.2. The van der Waals surface area contributed by atoms with Gasteiger partial charge in [0.15, 0.2) is 17.2 Å². The van der Waals surface area contributed by atoms with Gasteiger partial charge in [-0.1, -0.05) is 6.07 Å². The van der Waals surface area contributed by atoms with Crippen molar-refractivity contribution >= 4 is 16.7 Å². The van der Waals surface area contributed by atoms with E-state index in [1.807, 2.05) is 12.3 Å². The zero-order valence-corrected chi connectivity index (χ0v) is 18.0. The summed E-state index contributed by atoms with van der Waals surface area (Å²) in [6.45, 7) is 3.59. The molecule has 0 spiro atoms. The third-order valence-electron chi connectivity index (χ3n) is 6.63. The molecular weight excluding hydrogens is 425 g/mol. The van der Waals surface area contributed by atoms with Crippen LogP contribution in [0.2, 0.25) is 0 Å². The summed E-state index contributed by atoms with van der Waals surface area (Å²) >= 11 is 0. The van der Waals surface area contributed by atoms with Crippen LogP contribution in [0.25, 0.3) is 16.7 Å². The molecule has 0 radical (unpaired) electrons. The van der Waals surface area contributed by atoms with Crippen molar-refractivity contribution in [3.63, 3.8) is 0 Å². The number of hydrogen-bond acceptors (Lipinski definition) is 7. The maximum atomic E-state index is 14.2. The standard InChI is InChI=1S/C23H24FN7O2/c24-18-10-26-19-2-4-21(32)31-17(13-33-23(18)22(19)31)12-29-7-5-16(6-8-29)25-9-15-1-3-20-27-14-28-30(20)11-15/h1-4,10-11,14,16-17,25H,5-9,12-13H2/t17-/m1/s1. The number of nitrogens with zero attached hydrogens (tertiary/aromatic N) is 6. The lowest BCUT2D eigenvalue weighted by Crippen LogP contribution is -2.46. The minimum Gasteiger partial charge on any atom is -0.486 e. The van der Waals surface area contributed by atoms with Crippen molar-refractivity contribution in [1.82, 2.24) is 34.4 Å². The molecule has 0 saturated carbocycles. The Labute approximate surface area is 188 Å². The zero-order chi connectivity index (χ0) is 22.4. The smallest absolute Gasteiger partial charge is 0.251 e. The van der Waals surface area contributed by atoms with Gasteiger partial charge >= 0.3 is 0 Å². The second kappa shape index (κ2) is 8.20. The summed E-state index contributed by atoms with van der Waals surface area (Å²) in [5, 5.41) is 7.84. The highest BCUT2D eigenvalue weighted by molar-refractivity contribution is 5.82. The van der Waals surface area contributed by atoms with E-state index in [2.05, 4.69) is 31.3 Å².